The number of carbonyl (C=O) groups excluding carboxylic acids is 3. The minimum Gasteiger partial charge on any atom is -0.444 e. The van der Waals surface area contributed by atoms with Gasteiger partial charge in [0.25, 0.3) is 5.91 Å². The van der Waals surface area contributed by atoms with Crippen molar-refractivity contribution in [2.24, 2.45) is 5.92 Å². The average molecular weight is 517 g/mol. The van der Waals surface area contributed by atoms with E-state index < -0.39 is 42.1 Å². The van der Waals surface area contributed by atoms with E-state index in [4.69, 9.17) is 11.2 Å². The highest BCUT2D eigenvalue weighted by atomic mass is 16.6. The smallest absolute Gasteiger partial charge is 0.408 e. The Morgan fingerprint density at radius 1 is 1.05 bits per heavy atom. The molecule has 2 aromatic rings. The number of amides is 3. The summed E-state index contributed by atoms with van der Waals surface area (Å²) in [6, 6.07) is 12.1. The van der Waals surface area contributed by atoms with Gasteiger partial charge < -0.3 is 20.3 Å². The van der Waals surface area contributed by atoms with Gasteiger partial charge in [-0.3, -0.25) is 9.59 Å². The summed E-state index contributed by atoms with van der Waals surface area (Å²) >= 11 is 0. The molecule has 0 aromatic heterocycles. The fraction of sp³-hybridized carbons (Fsp3) is 0.400. The van der Waals surface area contributed by atoms with Crippen molar-refractivity contribution in [1.29, 1.82) is 5.26 Å². The van der Waals surface area contributed by atoms with Gasteiger partial charge in [0.15, 0.2) is 0 Å². The standard InChI is InChI=1S/C30H36N4O4/c1-9-22-15-10-11-16-23(22)26(27(35)32-25-20(4)13-12-14-21(25)5)34(18-17-31)28(36)24(19(2)3)33-29(37)38-30(6,7)8/h1,10-16,19,24,26H,18H2,2-8H3,(H,32,35)(H,33,37). The van der Waals surface area contributed by atoms with Gasteiger partial charge in [0.05, 0.1) is 6.07 Å². The Morgan fingerprint density at radius 2 is 1.66 bits per heavy atom. The monoisotopic (exact) mass is 516 g/mol. The number of hydrogen-bond acceptors (Lipinski definition) is 5. The van der Waals surface area contributed by atoms with Crippen LogP contribution in [0.25, 0.3) is 0 Å². The van der Waals surface area contributed by atoms with E-state index in [0.717, 1.165) is 16.0 Å². The van der Waals surface area contributed by atoms with Crippen LogP contribution in [0.1, 0.15) is 62.9 Å². The molecule has 0 saturated heterocycles. The van der Waals surface area contributed by atoms with Crippen LogP contribution in [0.5, 0.6) is 0 Å². The largest absolute Gasteiger partial charge is 0.444 e. The van der Waals surface area contributed by atoms with E-state index in [2.05, 4.69) is 16.6 Å². The van der Waals surface area contributed by atoms with E-state index in [9.17, 15) is 19.6 Å². The first-order valence-electron chi connectivity index (χ1n) is 12.4. The lowest BCUT2D eigenvalue weighted by Crippen LogP contribution is -2.54. The molecule has 0 saturated carbocycles. The molecule has 0 bridgehead atoms. The normalized spacial score (nSPS) is 12.5. The van der Waals surface area contributed by atoms with Gasteiger partial charge in [-0.25, -0.2) is 4.79 Å². The third-order valence-electron chi connectivity index (χ3n) is 5.83. The van der Waals surface area contributed by atoms with E-state index in [0.29, 0.717) is 16.8 Å². The molecule has 2 N–H and O–H groups in total. The molecular formula is C30H36N4O4. The van der Waals surface area contributed by atoms with Crippen LogP contribution in [0.15, 0.2) is 42.5 Å². The van der Waals surface area contributed by atoms with Crippen LogP contribution in [0.3, 0.4) is 0 Å². The number of rotatable bonds is 8. The molecule has 2 aromatic carbocycles. The summed E-state index contributed by atoms with van der Waals surface area (Å²) < 4.78 is 5.35. The maximum Gasteiger partial charge on any atom is 0.408 e. The summed E-state index contributed by atoms with van der Waals surface area (Å²) in [6.07, 6.45) is 4.97. The second kappa shape index (κ2) is 12.8. The summed E-state index contributed by atoms with van der Waals surface area (Å²) in [5.74, 6) is 1.05. The molecule has 38 heavy (non-hydrogen) atoms. The fourth-order valence-corrected chi connectivity index (χ4v) is 4.02. The molecule has 2 atom stereocenters. The first kappa shape index (κ1) is 29.9. The second-order valence-corrected chi connectivity index (χ2v) is 10.4. The first-order valence-corrected chi connectivity index (χ1v) is 12.4. The lowest BCUT2D eigenvalue weighted by Gasteiger charge is -2.34. The number of carbonyl (C=O) groups is 3. The lowest BCUT2D eigenvalue weighted by atomic mass is 9.95. The van der Waals surface area contributed by atoms with Crippen molar-refractivity contribution in [3.63, 3.8) is 0 Å². The average Bonchev–Trinajstić information content (AvgIpc) is 2.83. The zero-order valence-corrected chi connectivity index (χ0v) is 23.1. The number of terminal acetylenes is 1. The van der Waals surface area contributed by atoms with Gasteiger partial charge in [0.2, 0.25) is 5.91 Å². The molecule has 2 unspecified atom stereocenters. The molecule has 0 spiro atoms. The molecular weight excluding hydrogens is 480 g/mol. The van der Waals surface area contributed by atoms with Gasteiger partial charge in [-0.05, 0) is 63.3 Å². The third-order valence-corrected chi connectivity index (χ3v) is 5.83. The SMILES string of the molecule is C#Cc1ccccc1C(C(=O)Nc1c(C)cccc1C)N(CC#N)C(=O)C(NC(=O)OC(C)(C)C)C(C)C. The lowest BCUT2D eigenvalue weighted by molar-refractivity contribution is -0.140. The fourth-order valence-electron chi connectivity index (χ4n) is 4.02. The number of nitrogens with zero attached hydrogens (tertiary/aromatic N) is 2. The van der Waals surface area contributed by atoms with Crippen LogP contribution < -0.4 is 10.6 Å². The number of alkyl carbamates (subject to hydrolysis) is 1. The van der Waals surface area contributed by atoms with Crippen molar-refractivity contribution < 1.29 is 19.1 Å². The number of nitrogens with one attached hydrogen (secondary N) is 2. The molecule has 2 rings (SSSR count). The molecule has 0 aliphatic rings. The molecule has 0 heterocycles. The molecule has 0 aliphatic heterocycles. The zero-order chi connectivity index (χ0) is 28.6. The van der Waals surface area contributed by atoms with Crippen molar-refractivity contribution in [3.8, 4) is 18.4 Å². The van der Waals surface area contributed by atoms with Crippen molar-refractivity contribution in [3.05, 3.63) is 64.7 Å². The predicted molar refractivity (Wildman–Crippen MR) is 147 cm³/mol. The van der Waals surface area contributed by atoms with Crippen molar-refractivity contribution in [2.45, 2.75) is 66.2 Å². The van der Waals surface area contributed by atoms with Gasteiger partial charge in [-0.2, -0.15) is 5.26 Å². The van der Waals surface area contributed by atoms with E-state index in [1.165, 1.54) is 0 Å². The zero-order valence-electron chi connectivity index (χ0n) is 23.1. The Morgan fingerprint density at radius 3 is 2.18 bits per heavy atom. The third kappa shape index (κ3) is 7.60. The topological polar surface area (TPSA) is 112 Å². The molecule has 0 fully saturated rings. The summed E-state index contributed by atoms with van der Waals surface area (Å²) in [7, 11) is 0. The number of ether oxygens (including phenoxy) is 1. The number of para-hydroxylation sites is 1. The highest BCUT2D eigenvalue weighted by Gasteiger charge is 2.38. The Labute approximate surface area is 225 Å². The first-order chi connectivity index (χ1) is 17.8. The van der Waals surface area contributed by atoms with Crippen LogP contribution in [-0.2, 0) is 14.3 Å². The van der Waals surface area contributed by atoms with Crippen LogP contribution in [-0.4, -0.2) is 41.0 Å². The van der Waals surface area contributed by atoms with Gasteiger partial charge in [0, 0.05) is 11.3 Å². The Hall–Kier alpha value is -4.30. The molecule has 0 radical (unpaired) electrons. The molecule has 0 aliphatic carbocycles. The van der Waals surface area contributed by atoms with E-state index in [1.54, 1.807) is 58.9 Å². The van der Waals surface area contributed by atoms with Gasteiger partial charge in [-0.1, -0.05) is 56.2 Å². The summed E-state index contributed by atoms with van der Waals surface area (Å²) in [5.41, 5.74) is 2.31. The van der Waals surface area contributed by atoms with E-state index >= 15 is 0 Å². The number of benzene rings is 2. The van der Waals surface area contributed by atoms with Crippen LogP contribution in [0.4, 0.5) is 10.5 Å². The maximum absolute atomic E-state index is 14.0. The van der Waals surface area contributed by atoms with Crippen molar-refractivity contribution >= 4 is 23.6 Å². The summed E-state index contributed by atoms with van der Waals surface area (Å²) in [5, 5.41) is 15.3. The Kier molecular flexibility index (Phi) is 10.1. The van der Waals surface area contributed by atoms with E-state index in [1.807, 2.05) is 38.1 Å². The maximum atomic E-state index is 14.0. The summed E-state index contributed by atoms with van der Waals surface area (Å²) in [6.45, 7) is 12.0. The predicted octanol–water partition coefficient (Wildman–Crippen LogP) is 4.87. The van der Waals surface area contributed by atoms with Gasteiger partial charge in [-0.15, -0.1) is 6.42 Å². The Bertz CT molecular complexity index is 1240. The van der Waals surface area contributed by atoms with Gasteiger partial charge in [0.1, 0.15) is 24.2 Å². The Balaban J connectivity index is 2.61. The minimum atomic E-state index is -1.24. The van der Waals surface area contributed by atoms with Crippen LogP contribution in [0.2, 0.25) is 0 Å². The second-order valence-electron chi connectivity index (χ2n) is 10.4. The van der Waals surface area contributed by atoms with Crippen LogP contribution in [0, 0.1) is 43.4 Å². The van der Waals surface area contributed by atoms with Crippen molar-refractivity contribution in [2.75, 3.05) is 11.9 Å². The molecule has 8 heteroatoms. The molecule has 8 nitrogen and oxygen atoms in total. The highest BCUT2D eigenvalue weighted by molar-refractivity contribution is 6.00. The van der Waals surface area contributed by atoms with Crippen LogP contribution >= 0.6 is 0 Å². The quantitative estimate of drug-likeness (QED) is 0.384. The van der Waals surface area contributed by atoms with Crippen molar-refractivity contribution in [1.82, 2.24) is 10.2 Å². The summed E-state index contributed by atoms with van der Waals surface area (Å²) in [4.78, 5) is 41.6. The number of aryl methyl sites for hydroxylation is 2. The number of anilines is 1. The minimum absolute atomic E-state index is 0.374. The molecule has 3 amide bonds. The number of nitriles is 1. The van der Waals surface area contributed by atoms with Gasteiger partial charge >= 0.3 is 6.09 Å². The van der Waals surface area contributed by atoms with E-state index in [-0.39, 0.29) is 5.92 Å². The highest BCUT2D eigenvalue weighted by Crippen LogP contribution is 2.29. The molecule has 200 valence electrons. The number of hydrogen-bond donors (Lipinski definition) is 2.